The van der Waals surface area contributed by atoms with Crippen LogP contribution >= 0.6 is 11.6 Å². The van der Waals surface area contributed by atoms with Crippen LogP contribution in [0.15, 0.2) is 47.3 Å². The second kappa shape index (κ2) is 8.31. The summed E-state index contributed by atoms with van der Waals surface area (Å²) in [5.74, 6) is 1.57. The van der Waals surface area contributed by atoms with Gasteiger partial charge in [-0.25, -0.2) is 14.9 Å². The third kappa shape index (κ3) is 4.31. The molecule has 1 N–H and O–H groups in total. The maximum atomic E-state index is 13.5. The molecule has 0 fully saturated rings. The Morgan fingerprint density at radius 1 is 1.31 bits per heavy atom. The molecule has 0 unspecified atom stereocenters. The zero-order valence-corrected chi connectivity index (χ0v) is 16.9. The van der Waals surface area contributed by atoms with Crippen LogP contribution in [0.25, 0.3) is 0 Å². The number of nitrogens with zero attached hydrogens (tertiary/aromatic N) is 2. The van der Waals surface area contributed by atoms with Crippen LogP contribution in [0.2, 0.25) is 5.02 Å². The molecule has 2 aliphatic rings. The van der Waals surface area contributed by atoms with E-state index in [4.69, 9.17) is 30.9 Å². The highest BCUT2D eigenvalue weighted by Crippen LogP contribution is 2.33. The molecule has 0 saturated heterocycles. The van der Waals surface area contributed by atoms with Crippen molar-refractivity contribution in [2.75, 3.05) is 20.3 Å². The SMILES string of the molecule is COC1=CN(Cc2ccc(F)c(Cl)c2)C(=Nc2cc3c(cc2C)OCC3)NOC1. The first-order chi connectivity index (χ1) is 14.0. The van der Waals surface area contributed by atoms with Gasteiger partial charge in [-0.15, -0.1) is 0 Å². The summed E-state index contributed by atoms with van der Waals surface area (Å²) in [7, 11) is 1.58. The minimum absolute atomic E-state index is 0.0745. The highest BCUT2D eigenvalue weighted by molar-refractivity contribution is 6.30. The van der Waals surface area contributed by atoms with Crippen LogP contribution < -0.4 is 10.2 Å². The van der Waals surface area contributed by atoms with Gasteiger partial charge in [0.25, 0.3) is 0 Å². The molecule has 2 aromatic rings. The molecule has 0 aliphatic carbocycles. The molecular formula is C21H21ClFN3O3. The van der Waals surface area contributed by atoms with Gasteiger partial charge in [-0.2, -0.15) is 0 Å². The fourth-order valence-corrected chi connectivity index (χ4v) is 3.41. The number of guanidine groups is 1. The highest BCUT2D eigenvalue weighted by Gasteiger charge is 2.19. The maximum Gasteiger partial charge on any atom is 0.228 e. The molecule has 8 heteroatoms. The van der Waals surface area contributed by atoms with Gasteiger partial charge < -0.3 is 14.4 Å². The van der Waals surface area contributed by atoms with Crippen molar-refractivity contribution < 1.29 is 18.7 Å². The van der Waals surface area contributed by atoms with Crippen molar-refractivity contribution in [1.82, 2.24) is 10.4 Å². The van der Waals surface area contributed by atoms with Gasteiger partial charge >= 0.3 is 0 Å². The van der Waals surface area contributed by atoms with Gasteiger partial charge in [0, 0.05) is 12.6 Å². The lowest BCUT2D eigenvalue weighted by Crippen LogP contribution is -2.36. The molecule has 0 bridgehead atoms. The largest absolute Gasteiger partial charge is 0.497 e. The molecule has 152 valence electrons. The summed E-state index contributed by atoms with van der Waals surface area (Å²) in [6.45, 7) is 3.31. The van der Waals surface area contributed by atoms with Gasteiger partial charge in [0.1, 0.15) is 23.9 Å². The van der Waals surface area contributed by atoms with E-state index in [-0.39, 0.29) is 11.6 Å². The van der Waals surface area contributed by atoms with Crippen LogP contribution in [-0.4, -0.2) is 31.2 Å². The molecule has 0 aromatic heterocycles. The zero-order chi connectivity index (χ0) is 20.4. The van der Waals surface area contributed by atoms with E-state index in [9.17, 15) is 4.39 Å². The molecule has 0 saturated carbocycles. The smallest absolute Gasteiger partial charge is 0.228 e. The number of hydrogen-bond donors (Lipinski definition) is 1. The fourth-order valence-electron chi connectivity index (χ4n) is 3.21. The van der Waals surface area contributed by atoms with Gasteiger partial charge in [-0.1, -0.05) is 17.7 Å². The van der Waals surface area contributed by atoms with Crippen molar-refractivity contribution in [3.05, 3.63) is 69.8 Å². The zero-order valence-electron chi connectivity index (χ0n) is 16.2. The molecular weight excluding hydrogens is 397 g/mol. The lowest BCUT2D eigenvalue weighted by atomic mass is 10.1. The number of halogens is 2. The Morgan fingerprint density at radius 3 is 2.97 bits per heavy atom. The molecule has 0 atom stereocenters. The van der Waals surface area contributed by atoms with E-state index in [1.165, 1.54) is 6.07 Å². The number of aryl methyl sites for hydroxylation is 1. The summed E-state index contributed by atoms with van der Waals surface area (Å²) in [5, 5.41) is 0.0745. The van der Waals surface area contributed by atoms with Crippen LogP contribution in [0.1, 0.15) is 16.7 Å². The normalized spacial score (nSPS) is 17.3. The van der Waals surface area contributed by atoms with Crippen LogP contribution in [0.5, 0.6) is 5.75 Å². The Hall–Kier alpha value is -2.77. The van der Waals surface area contributed by atoms with Gasteiger partial charge in [-0.05, 0) is 47.9 Å². The van der Waals surface area contributed by atoms with E-state index in [2.05, 4.69) is 5.48 Å². The standard InChI is InChI=1S/C21H21ClFN3O3/c1-13-7-20-15(5-6-28-20)9-19(13)24-21-25-29-12-16(27-2)11-26(21)10-14-3-4-18(23)17(22)8-14/h3-4,7-9,11H,5-6,10,12H2,1-2H3,(H,24,25). The Kier molecular flexibility index (Phi) is 5.60. The first-order valence-corrected chi connectivity index (χ1v) is 9.59. The minimum atomic E-state index is -0.453. The third-order valence-corrected chi connectivity index (χ3v) is 5.07. The van der Waals surface area contributed by atoms with Crippen LogP contribution in [0, 0.1) is 12.7 Å². The van der Waals surface area contributed by atoms with E-state index in [1.54, 1.807) is 19.2 Å². The van der Waals surface area contributed by atoms with Gasteiger partial charge in [-0.3, -0.25) is 4.84 Å². The minimum Gasteiger partial charge on any atom is -0.497 e. The summed E-state index contributed by atoms with van der Waals surface area (Å²) in [4.78, 5) is 12.1. The summed E-state index contributed by atoms with van der Waals surface area (Å²) in [6, 6.07) is 8.66. The number of hydrogen-bond acceptors (Lipinski definition) is 4. The number of fused-ring (bicyclic) bond motifs is 1. The van der Waals surface area contributed by atoms with Crippen molar-refractivity contribution in [1.29, 1.82) is 0 Å². The van der Waals surface area contributed by atoms with Gasteiger partial charge in [0.2, 0.25) is 5.96 Å². The average Bonchev–Trinajstić information content (AvgIpc) is 3.06. The second-order valence-electron chi connectivity index (χ2n) is 6.85. The first kappa shape index (κ1) is 19.5. The fraction of sp³-hybridized carbons (Fsp3) is 0.286. The maximum absolute atomic E-state index is 13.5. The summed E-state index contributed by atoms with van der Waals surface area (Å²) in [6.07, 6.45) is 2.67. The number of nitrogens with one attached hydrogen (secondary N) is 1. The van der Waals surface area contributed by atoms with Crippen molar-refractivity contribution >= 4 is 23.2 Å². The van der Waals surface area contributed by atoms with Gasteiger partial charge in [0.05, 0.1) is 31.0 Å². The predicted molar refractivity (Wildman–Crippen MR) is 109 cm³/mol. The molecule has 2 heterocycles. The molecule has 2 aromatic carbocycles. The van der Waals surface area contributed by atoms with Gasteiger partial charge in [0.15, 0.2) is 0 Å². The molecule has 0 spiro atoms. The lowest BCUT2D eigenvalue weighted by molar-refractivity contribution is 0.0746. The summed E-state index contributed by atoms with van der Waals surface area (Å²) < 4.78 is 24.5. The molecule has 29 heavy (non-hydrogen) atoms. The average molecular weight is 418 g/mol. The number of rotatable bonds is 4. The lowest BCUT2D eigenvalue weighted by Gasteiger charge is -2.21. The topological polar surface area (TPSA) is 55.3 Å². The number of benzene rings is 2. The number of ether oxygens (including phenoxy) is 2. The van der Waals surface area contributed by atoms with Crippen molar-refractivity contribution in [3.63, 3.8) is 0 Å². The molecule has 6 nitrogen and oxygen atoms in total. The first-order valence-electron chi connectivity index (χ1n) is 9.21. The second-order valence-corrected chi connectivity index (χ2v) is 7.25. The van der Waals surface area contributed by atoms with Crippen LogP contribution in [-0.2, 0) is 22.5 Å². The number of methoxy groups -OCH3 is 1. The molecule has 0 amide bonds. The quantitative estimate of drug-likeness (QED) is 0.806. The monoisotopic (exact) mass is 417 g/mol. The summed E-state index contributed by atoms with van der Waals surface area (Å²) >= 11 is 5.94. The highest BCUT2D eigenvalue weighted by atomic mass is 35.5. The molecule has 0 radical (unpaired) electrons. The van der Waals surface area contributed by atoms with Crippen LogP contribution in [0.4, 0.5) is 10.1 Å². The van der Waals surface area contributed by atoms with E-state index in [0.29, 0.717) is 24.9 Å². The predicted octanol–water partition coefficient (Wildman–Crippen LogP) is 4.23. The van der Waals surface area contributed by atoms with Crippen molar-refractivity contribution in [3.8, 4) is 5.75 Å². The van der Waals surface area contributed by atoms with E-state index in [1.807, 2.05) is 30.2 Å². The molecule has 2 aliphatic heterocycles. The van der Waals surface area contributed by atoms with E-state index < -0.39 is 5.82 Å². The molecule has 4 rings (SSSR count). The van der Waals surface area contributed by atoms with Crippen molar-refractivity contribution in [2.45, 2.75) is 19.9 Å². The van der Waals surface area contributed by atoms with Crippen molar-refractivity contribution in [2.24, 2.45) is 4.99 Å². The number of hydroxylamine groups is 1. The summed E-state index contributed by atoms with van der Waals surface area (Å²) in [5.41, 5.74) is 6.65. The van der Waals surface area contributed by atoms with E-state index >= 15 is 0 Å². The Balaban J connectivity index is 1.70. The third-order valence-electron chi connectivity index (χ3n) is 4.78. The van der Waals surface area contributed by atoms with Crippen LogP contribution in [0.3, 0.4) is 0 Å². The van der Waals surface area contributed by atoms with E-state index in [0.717, 1.165) is 34.5 Å². The Morgan fingerprint density at radius 2 is 2.17 bits per heavy atom. The Labute approximate surface area is 173 Å². The number of aliphatic imine (C=N–C) groups is 1. The Bertz CT molecular complexity index is 993.